The average Bonchev–Trinajstić information content (AvgIpc) is 3.08. The van der Waals surface area contributed by atoms with Gasteiger partial charge in [-0.1, -0.05) is 53.5 Å². The minimum absolute atomic E-state index is 0.202. The maximum absolute atomic E-state index is 13.0. The fraction of sp³-hybridized carbons (Fsp3) is 0.120. The third-order valence-electron chi connectivity index (χ3n) is 4.92. The number of hydrazone groups is 1. The van der Waals surface area contributed by atoms with E-state index in [9.17, 15) is 4.79 Å². The van der Waals surface area contributed by atoms with Gasteiger partial charge in [-0.15, -0.1) is 0 Å². The molecule has 0 radical (unpaired) electrons. The molecule has 0 atom stereocenters. The molecule has 5 nitrogen and oxygen atoms in total. The molecule has 3 aromatic carbocycles. The van der Waals surface area contributed by atoms with Crippen LogP contribution in [-0.4, -0.2) is 18.7 Å². The highest BCUT2D eigenvalue weighted by molar-refractivity contribution is 6.33. The Bertz CT molecular complexity index is 1210. The summed E-state index contributed by atoms with van der Waals surface area (Å²) in [5.41, 5.74) is 3.47. The number of halogens is 2. The molecular formula is C25H20Cl2N2O3. The highest BCUT2D eigenvalue weighted by Crippen LogP contribution is 2.38. The lowest BCUT2D eigenvalue weighted by atomic mass is 10.1. The van der Waals surface area contributed by atoms with E-state index < -0.39 is 0 Å². The van der Waals surface area contributed by atoms with Crippen LogP contribution in [-0.2, 0) is 11.4 Å². The standard InChI is InChI=1S/C25H20Cl2N2O3/c1-16-21(25(30)29(28-16)20-6-4-3-5-7-20)12-18-13-22(27)24(23(14-18)31-2)32-15-17-8-10-19(26)11-9-17/h3-14H,15H2,1-2H3/b21-12+. The van der Waals surface area contributed by atoms with Crippen molar-refractivity contribution in [2.45, 2.75) is 13.5 Å². The monoisotopic (exact) mass is 466 g/mol. The number of anilines is 1. The predicted octanol–water partition coefficient (Wildman–Crippen LogP) is 6.39. The van der Waals surface area contributed by atoms with Crippen LogP contribution in [0.15, 0.2) is 77.4 Å². The Kier molecular flexibility index (Phi) is 6.49. The second-order valence-electron chi connectivity index (χ2n) is 7.15. The fourth-order valence-corrected chi connectivity index (χ4v) is 3.69. The Morgan fingerprint density at radius 1 is 1.03 bits per heavy atom. The van der Waals surface area contributed by atoms with Crippen molar-refractivity contribution >= 4 is 46.6 Å². The number of ether oxygens (including phenoxy) is 2. The first kappa shape index (κ1) is 21.9. The zero-order valence-electron chi connectivity index (χ0n) is 17.5. The van der Waals surface area contributed by atoms with Crippen molar-refractivity contribution in [3.63, 3.8) is 0 Å². The zero-order chi connectivity index (χ0) is 22.7. The maximum Gasteiger partial charge on any atom is 0.280 e. The molecule has 0 bridgehead atoms. The Morgan fingerprint density at radius 3 is 2.44 bits per heavy atom. The van der Waals surface area contributed by atoms with E-state index in [0.717, 1.165) is 5.56 Å². The Labute approximate surface area is 196 Å². The maximum atomic E-state index is 13.0. The normalized spacial score (nSPS) is 14.6. The predicted molar refractivity (Wildman–Crippen MR) is 129 cm³/mol. The third-order valence-corrected chi connectivity index (χ3v) is 5.46. The molecule has 0 unspecified atom stereocenters. The molecule has 162 valence electrons. The third kappa shape index (κ3) is 4.64. The first-order chi connectivity index (χ1) is 15.5. The smallest absolute Gasteiger partial charge is 0.280 e. The summed E-state index contributed by atoms with van der Waals surface area (Å²) in [5.74, 6) is 0.699. The van der Waals surface area contributed by atoms with Gasteiger partial charge in [-0.05, 0) is 60.5 Å². The number of benzene rings is 3. The molecule has 7 heteroatoms. The number of hydrogen-bond acceptors (Lipinski definition) is 4. The second-order valence-corrected chi connectivity index (χ2v) is 7.99. The van der Waals surface area contributed by atoms with Gasteiger partial charge in [-0.3, -0.25) is 4.79 Å². The summed E-state index contributed by atoms with van der Waals surface area (Å²) < 4.78 is 11.4. The first-order valence-electron chi connectivity index (χ1n) is 9.88. The molecule has 0 N–H and O–H groups in total. The molecular weight excluding hydrogens is 447 g/mol. The number of carbonyl (C=O) groups excluding carboxylic acids is 1. The van der Waals surface area contributed by atoms with Gasteiger partial charge < -0.3 is 9.47 Å². The molecule has 1 aliphatic rings. The van der Waals surface area contributed by atoms with Crippen molar-refractivity contribution in [2.24, 2.45) is 5.10 Å². The van der Waals surface area contributed by atoms with Gasteiger partial charge in [0.2, 0.25) is 0 Å². The first-order valence-corrected chi connectivity index (χ1v) is 10.6. The summed E-state index contributed by atoms with van der Waals surface area (Å²) in [7, 11) is 1.54. The summed E-state index contributed by atoms with van der Waals surface area (Å²) >= 11 is 12.4. The highest BCUT2D eigenvalue weighted by atomic mass is 35.5. The summed E-state index contributed by atoms with van der Waals surface area (Å²) in [6.07, 6.45) is 1.75. The van der Waals surface area contributed by atoms with Crippen LogP contribution >= 0.6 is 23.2 Å². The SMILES string of the molecule is COc1cc(/C=C2/C(=O)N(c3ccccc3)N=C2C)cc(Cl)c1OCc1ccc(Cl)cc1. The molecule has 0 spiro atoms. The van der Waals surface area contributed by atoms with E-state index in [1.807, 2.05) is 42.5 Å². The molecule has 0 fully saturated rings. The van der Waals surface area contributed by atoms with Gasteiger partial charge in [0.1, 0.15) is 6.61 Å². The van der Waals surface area contributed by atoms with Crippen molar-refractivity contribution in [3.8, 4) is 11.5 Å². The van der Waals surface area contributed by atoms with Gasteiger partial charge in [-0.2, -0.15) is 10.1 Å². The highest BCUT2D eigenvalue weighted by Gasteiger charge is 2.28. The average molecular weight is 467 g/mol. The van der Waals surface area contributed by atoms with Crippen molar-refractivity contribution in [1.82, 2.24) is 0 Å². The van der Waals surface area contributed by atoms with Crippen molar-refractivity contribution < 1.29 is 14.3 Å². The lowest BCUT2D eigenvalue weighted by Crippen LogP contribution is -2.21. The summed E-state index contributed by atoms with van der Waals surface area (Å²) in [4.78, 5) is 13.0. The molecule has 32 heavy (non-hydrogen) atoms. The lowest BCUT2D eigenvalue weighted by Gasteiger charge is -2.14. The second kappa shape index (κ2) is 9.47. The number of rotatable bonds is 6. The van der Waals surface area contributed by atoms with E-state index in [0.29, 0.717) is 50.7 Å². The van der Waals surface area contributed by atoms with Gasteiger partial charge in [0.25, 0.3) is 5.91 Å². The Morgan fingerprint density at radius 2 is 1.75 bits per heavy atom. The molecule has 1 heterocycles. The van der Waals surface area contributed by atoms with Gasteiger partial charge >= 0.3 is 0 Å². The van der Waals surface area contributed by atoms with Gasteiger partial charge in [0.15, 0.2) is 11.5 Å². The molecule has 0 saturated carbocycles. The fourth-order valence-electron chi connectivity index (χ4n) is 3.29. The number of amides is 1. The minimum Gasteiger partial charge on any atom is -0.493 e. The molecule has 1 aliphatic heterocycles. The molecule has 0 aromatic heterocycles. The van der Waals surface area contributed by atoms with Gasteiger partial charge in [0.05, 0.1) is 29.1 Å². The van der Waals surface area contributed by atoms with Crippen molar-refractivity contribution in [1.29, 1.82) is 0 Å². The van der Waals surface area contributed by atoms with Crippen LogP contribution in [0.25, 0.3) is 6.08 Å². The van der Waals surface area contributed by atoms with Crippen molar-refractivity contribution in [2.75, 3.05) is 12.1 Å². The van der Waals surface area contributed by atoms with Crippen LogP contribution < -0.4 is 14.5 Å². The van der Waals surface area contributed by atoms with Crippen molar-refractivity contribution in [3.05, 3.63) is 93.5 Å². The van der Waals surface area contributed by atoms with E-state index in [1.54, 1.807) is 44.4 Å². The number of methoxy groups -OCH3 is 1. The van der Waals surface area contributed by atoms with Crippen LogP contribution in [0.2, 0.25) is 10.0 Å². The van der Waals surface area contributed by atoms with Crippen LogP contribution in [0.4, 0.5) is 5.69 Å². The molecule has 0 saturated heterocycles. The number of carbonyl (C=O) groups is 1. The van der Waals surface area contributed by atoms with Gasteiger partial charge in [-0.25, -0.2) is 0 Å². The van der Waals surface area contributed by atoms with Gasteiger partial charge in [0, 0.05) is 5.02 Å². The van der Waals surface area contributed by atoms with E-state index >= 15 is 0 Å². The van der Waals surface area contributed by atoms with Crippen LogP contribution in [0.5, 0.6) is 11.5 Å². The van der Waals surface area contributed by atoms with E-state index in [4.69, 9.17) is 32.7 Å². The van der Waals surface area contributed by atoms with Crippen LogP contribution in [0.3, 0.4) is 0 Å². The summed E-state index contributed by atoms with van der Waals surface area (Å²) in [6.45, 7) is 2.11. The molecule has 3 aromatic rings. The van der Waals surface area contributed by atoms with E-state index in [2.05, 4.69) is 5.10 Å². The number of hydrogen-bond donors (Lipinski definition) is 0. The Balaban J connectivity index is 1.59. The summed E-state index contributed by atoms with van der Waals surface area (Å²) in [6, 6.07) is 20.2. The number of para-hydroxylation sites is 1. The largest absolute Gasteiger partial charge is 0.493 e. The summed E-state index contributed by atoms with van der Waals surface area (Å²) in [5, 5.41) is 6.84. The van der Waals surface area contributed by atoms with Crippen LogP contribution in [0.1, 0.15) is 18.1 Å². The minimum atomic E-state index is -0.202. The van der Waals surface area contributed by atoms with E-state index in [-0.39, 0.29) is 5.91 Å². The zero-order valence-corrected chi connectivity index (χ0v) is 19.0. The lowest BCUT2D eigenvalue weighted by molar-refractivity contribution is -0.114. The molecule has 1 amide bonds. The quantitative estimate of drug-likeness (QED) is 0.395. The molecule has 0 aliphatic carbocycles. The molecule has 4 rings (SSSR count). The Hall–Kier alpha value is -3.28. The van der Waals surface area contributed by atoms with Crippen LogP contribution in [0, 0.1) is 0 Å². The number of nitrogens with zero attached hydrogens (tertiary/aromatic N) is 2. The topological polar surface area (TPSA) is 51.1 Å². The van der Waals surface area contributed by atoms with E-state index in [1.165, 1.54) is 5.01 Å².